The molecule has 1 rings (SSSR count). The molecule has 0 aromatic rings. The first-order valence-corrected chi connectivity index (χ1v) is 9.69. The zero-order chi connectivity index (χ0) is 5.82. The summed E-state index contributed by atoms with van der Waals surface area (Å²) in [5.74, 6) is 2.74. The monoisotopic (exact) mass is 259 g/mol. The lowest BCUT2D eigenvalue weighted by molar-refractivity contribution is 0.501. The van der Waals surface area contributed by atoms with Gasteiger partial charge in [-0.2, -0.15) is 11.8 Å². The van der Waals surface area contributed by atoms with Gasteiger partial charge in [0.2, 0.25) is 0 Å². The van der Waals surface area contributed by atoms with Crippen LogP contribution in [0.1, 0.15) is 0 Å². The Balaban J connectivity index is 2.13. The van der Waals surface area contributed by atoms with Gasteiger partial charge in [0.1, 0.15) is 0 Å². The van der Waals surface area contributed by atoms with Crippen LogP contribution in [0.15, 0.2) is 0 Å². The largest absolute Gasteiger partial charge is 0.319 e. The molecule has 0 unspecified atom stereocenters. The van der Waals surface area contributed by atoms with Crippen molar-refractivity contribution in [3.05, 3.63) is 0 Å². The summed E-state index contributed by atoms with van der Waals surface area (Å²) in [4.78, 5) is 0. The van der Waals surface area contributed by atoms with Gasteiger partial charge in [-0.15, -0.1) is 21.8 Å². The molecule has 1 nitrogen and oxygen atoms in total. The maximum atomic E-state index is 2.62. The van der Waals surface area contributed by atoms with Crippen LogP contribution in [-0.2, 0) is 0 Å². The zero-order valence-corrected chi connectivity index (χ0v) is 9.16. The lowest BCUT2D eigenvalue weighted by Gasteiger charge is -2.23. The van der Waals surface area contributed by atoms with E-state index in [1.165, 1.54) is 24.6 Å². The number of thioether (sulfide) groups is 1. The standard InChI is InChI=1S/C4H10INSSi/c5-8-6-1-3-7-4-2-6/h1-4,8H2. The van der Waals surface area contributed by atoms with Crippen LogP contribution in [0.3, 0.4) is 0 Å². The molecule has 0 bridgehead atoms. The highest BCUT2D eigenvalue weighted by Crippen LogP contribution is 2.08. The minimum absolute atomic E-state index is 0.158. The third-order valence-corrected chi connectivity index (χ3v) is 6.08. The van der Waals surface area contributed by atoms with E-state index in [2.05, 4.69) is 38.1 Å². The molecular weight excluding hydrogens is 249 g/mol. The molecule has 0 radical (unpaired) electrons. The highest BCUT2D eigenvalue weighted by molar-refractivity contribution is 14.1. The molecular formula is C4H10INSSi. The molecule has 0 atom stereocenters. The van der Waals surface area contributed by atoms with E-state index in [0.29, 0.717) is 0 Å². The van der Waals surface area contributed by atoms with Crippen molar-refractivity contribution in [2.75, 3.05) is 24.6 Å². The molecule has 0 N–H and O–H groups in total. The number of hydrogen-bond acceptors (Lipinski definition) is 2. The highest BCUT2D eigenvalue weighted by Gasteiger charge is 2.06. The van der Waals surface area contributed by atoms with Gasteiger partial charge in [-0.05, 0) is 0 Å². The number of halogens is 1. The molecule has 0 spiro atoms. The van der Waals surface area contributed by atoms with Crippen LogP contribution >= 0.6 is 33.6 Å². The second-order valence-electron chi connectivity index (χ2n) is 1.85. The van der Waals surface area contributed by atoms with Crippen molar-refractivity contribution < 1.29 is 0 Å². The Bertz CT molecular complexity index is 67.1. The number of hydrogen-bond donors (Lipinski definition) is 0. The van der Waals surface area contributed by atoms with Gasteiger partial charge in [-0.1, -0.05) is 0 Å². The van der Waals surface area contributed by atoms with Crippen molar-refractivity contribution >= 4 is 40.7 Å². The molecule has 1 heterocycles. The fraction of sp³-hybridized carbons (Fsp3) is 1.00. The van der Waals surface area contributed by atoms with Gasteiger partial charge in [0.05, 0.1) is 0 Å². The average Bonchev–Trinajstić information content (AvgIpc) is 1.90. The molecule has 0 amide bonds. The van der Waals surface area contributed by atoms with Crippen LogP contribution in [0.25, 0.3) is 0 Å². The third-order valence-electron chi connectivity index (χ3n) is 1.27. The molecule has 1 aliphatic rings. The lowest BCUT2D eigenvalue weighted by Crippen LogP contribution is -2.33. The maximum absolute atomic E-state index is 2.62. The van der Waals surface area contributed by atoms with Gasteiger partial charge in [-0.3, -0.25) is 0 Å². The fourth-order valence-corrected chi connectivity index (χ4v) is 4.76. The molecule has 0 saturated carbocycles. The van der Waals surface area contributed by atoms with Gasteiger partial charge in [0.25, 0.3) is 0 Å². The van der Waals surface area contributed by atoms with Crippen molar-refractivity contribution in [2.45, 2.75) is 0 Å². The number of rotatable bonds is 1. The molecule has 4 heteroatoms. The Labute approximate surface area is 69.7 Å². The Hall–Kier alpha value is 1.26. The van der Waals surface area contributed by atoms with E-state index in [0.717, 1.165) is 0 Å². The van der Waals surface area contributed by atoms with Crippen molar-refractivity contribution in [3.63, 3.8) is 0 Å². The van der Waals surface area contributed by atoms with Gasteiger partial charge in [0, 0.05) is 24.6 Å². The normalized spacial score (nSPS) is 25.1. The van der Waals surface area contributed by atoms with Gasteiger partial charge in [0.15, 0.2) is 7.18 Å². The summed E-state index contributed by atoms with van der Waals surface area (Å²) in [6.07, 6.45) is 0. The summed E-state index contributed by atoms with van der Waals surface area (Å²) in [7, 11) is 0.158. The Morgan fingerprint density at radius 3 is 2.38 bits per heavy atom. The van der Waals surface area contributed by atoms with Crippen molar-refractivity contribution in [1.82, 2.24) is 4.57 Å². The minimum Gasteiger partial charge on any atom is -0.319 e. The number of nitrogens with zero attached hydrogens (tertiary/aromatic N) is 1. The second kappa shape index (κ2) is 4.13. The molecule has 0 aliphatic carbocycles. The maximum Gasteiger partial charge on any atom is 0.166 e. The fourth-order valence-electron chi connectivity index (χ4n) is 0.721. The van der Waals surface area contributed by atoms with E-state index >= 15 is 0 Å². The first kappa shape index (κ1) is 7.36. The Kier molecular flexibility index (Phi) is 3.81. The molecule has 1 aliphatic heterocycles. The van der Waals surface area contributed by atoms with E-state index in [1.807, 2.05) is 0 Å². The molecule has 0 aromatic heterocycles. The van der Waals surface area contributed by atoms with E-state index in [-0.39, 0.29) is 7.18 Å². The van der Waals surface area contributed by atoms with E-state index in [9.17, 15) is 0 Å². The smallest absolute Gasteiger partial charge is 0.166 e. The summed E-state index contributed by atoms with van der Waals surface area (Å²) < 4.78 is 2.62. The van der Waals surface area contributed by atoms with E-state index in [1.54, 1.807) is 0 Å². The van der Waals surface area contributed by atoms with Crippen molar-refractivity contribution in [2.24, 2.45) is 0 Å². The van der Waals surface area contributed by atoms with Crippen LogP contribution in [0, 0.1) is 0 Å². The summed E-state index contributed by atoms with van der Waals surface area (Å²) in [6, 6.07) is 0. The van der Waals surface area contributed by atoms with Crippen LogP contribution < -0.4 is 0 Å². The Morgan fingerprint density at radius 2 is 2.00 bits per heavy atom. The van der Waals surface area contributed by atoms with Crippen molar-refractivity contribution in [1.29, 1.82) is 0 Å². The molecule has 48 valence electrons. The second-order valence-corrected chi connectivity index (χ2v) is 6.25. The molecule has 8 heavy (non-hydrogen) atoms. The van der Waals surface area contributed by atoms with Gasteiger partial charge in [-0.25, -0.2) is 0 Å². The average molecular weight is 259 g/mol. The summed E-state index contributed by atoms with van der Waals surface area (Å²) in [6.45, 7) is 2.72. The minimum atomic E-state index is 0.158. The third kappa shape index (κ3) is 2.24. The van der Waals surface area contributed by atoms with E-state index < -0.39 is 0 Å². The predicted octanol–water partition coefficient (Wildman–Crippen LogP) is 0.469. The van der Waals surface area contributed by atoms with Crippen molar-refractivity contribution in [3.8, 4) is 0 Å². The first-order valence-electron chi connectivity index (χ1n) is 2.79. The van der Waals surface area contributed by atoms with Crippen LogP contribution in [-0.4, -0.2) is 36.3 Å². The molecule has 0 aromatic carbocycles. The topological polar surface area (TPSA) is 3.24 Å². The van der Waals surface area contributed by atoms with Crippen LogP contribution in [0.2, 0.25) is 0 Å². The van der Waals surface area contributed by atoms with E-state index in [4.69, 9.17) is 0 Å². The van der Waals surface area contributed by atoms with Gasteiger partial charge < -0.3 is 4.57 Å². The molecule has 1 fully saturated rings. The van der Waals surface area contributed by atoms with Crippen LogP contribution in [0.4, 0.5) is 0 Å². The molecule has 1 saturated heterocycles. The predicted molar refractivity (Wildman–Crippen MR) is 51.5 cm³/mol. The highest BCUT2D eigenvalue weighted by atomic mass is 127. The van der Waals surface area contributed by atoms with Gasteiger partial charge >= 0.3 is 0 Å². The zero-order valence-electron chi connectivity index (χ0n) is 4.77. The first-order chi connectivity index (χ1) is 3.93. The Morgan fingerprint density at radius 1 is 1.38 bits per heavy atom. The summed E-state index contributed by atoms with van der Waals surface area (Å²) >= 11 is 4.65. The lowest BCUT2D eigenvalue weighted by atomic mass is 10.6. The SMILES string of the molecule is I[SiH2]N1CCSCC1. The summed E-state index contributed by atoms with van der Waals surface area (Å²) in [5.41, 5.74) is 0. The summed E-state index contributed by atoms with van der Waals surface area (Å²) in [5, 5.41) is 0. The van der Waals surface area contributed by atoms with Crippen LogP contribution in [0.5, 0.6) is 0 Å². The quantitative estimate of drug-likeness (QED) is 0.382.